The minimum Gasteiger partial charge on any atom is -0.496 e. The van der Waals surface area contributed by atoms with Crippen LogP contribution in [0.2, 0.25) is 0 Å². The number of nitrogens with zero attached hydrogens (tertiary/aromatic N) is 4. The number of fused-ring (bicyclic) bond motifs is 1. The predicted molar refractivity (Wildman–Crippen MR) is 105 cm³/mol. The first-order chi connectivity index (χ1) is 13.3. The second-order valence-electron chi connectivity index (χ2n) is 6.55. The van der Waals surface area contributed by atoms with Crippen LogP contribution in [0.15, 0.2) is 54.7 Å². The van der Waals surface area contributed by atoms with Crippen molar-refractivity contribution in [3.8, 4) is 5.75 Å². The predicted octanol–water partition coefficient (Wildman–Crippen LogP) is 2.99. The topological polar surface area (TPSA) is 58.6 Å². The lowest BCUT2D eigenvalue weighted by molar-refractivity contribution is 0.0763. The van der Waals surface area contributed by atoms with Gasteiger partial charge in [-0.15, -0.1) is 0 Å². The number of amides is 1. The molecule has 1 aliphatic rings. The Morgan fingerprint density at radius 2 is 1.74 bits per heavy atom. The Morgan fingerprint density at radius 1 is 0.963 bits per heavy atom. The van der Waals surface area contributed by atoms with Gasteiger partial charge >= 0.3 is 0 Å². The van der Waals surface area contributed by atoms with Gasteiger partial charge in [0, 0.05) is 26.2 Å². The molecule has 0 N–H and O–H groups in total. The van der Waals surface area contributed by atoms with Gasteiger partial charge in [0.15, 0.2) is 0 Å². The number of anilines is 1. The summed E-state index contributed by atoms with van der Waals surface area (Å²) < 4.78 is 5.34. The quantitative estimate of drug-likeness (QED) is 0.717. The van der Waals surface area contributed by atoms with Crippen LogP contribution < -0.4 is 9.64 Å². The highest BCUT2D eigenvalue weighted by molar-refractivity contribution is 5.97. The fourth-order valence-corrected chi connectivity index (χ4v) is 3.44. The molecule has 2 heterocycles. The number of ether oxygens (including phenoxy) is 1. The molecule has 0 spiro atoms. The molecule has 0 unspecified atom stereocenters. The third-order valence-electron chi connectivity index (χ3n) is 4.88. The number of benzene rings is 2. The van der Waals surface area contributed by atoms with Gasteiger partial charge in [-0.3, -0.25) is 9.78 Å². The number of carbonyl (C=O) groups is 1. The first-order valence-electron chi connectivity index (χ1n) is 9.15. The molecule has 6 nitrogen and oxygen atoms in total. The molecule has 1 fully saturated rings. The molecule has 4 rings (SSSR count). The fraction of sp³-hybridized carbons (Fsp3) is 0.286. The van der Waals surface area contributed by atoms with Crippen LogP contribution in [0.3, 0.4) is 0 Å². The number of para-hydroxylation sites is 3. The van der Waals surface area contributed by atoms with E-state index >= 15 is 0 Å². The molecular formula is C21H22N4O2. The molecule has 1 saturated heterocycles. The van der Waals surface area contributed by atoms with E-state index in [1.807, 2.05) is 59.6 Å². The monoisotopic (exact) mass is 362 g/mol. The van der Waals surface area contributed by atoms with E-state index in [-0.39, 0.29) is 5.91 Å². The Morgan fingerprint density at radius 3 is 2.59 bits per heavy atom. The Kier molecular flexibility index (Phi) is 4.87. The molecule has 138 valence electrons. The van der Waals surface area contributed by atoms with Crippen LogP contribution in [-0.2, 0) is 0 Å². The summed E-state index contributed by atoms with van der Waals surface area (Å²) in [5, 5.41) is 0. The van der Waals surface area contributed by atoms with E-state index in [2.05, 4.69) is 9.88 Å². The van der Waals surface area contributed by atoms with E-state index in [0.29, 0.717) is 24.4 Å². The summed E-state index contributed by atoms with van der Waals surface area (Å²) in [5.74, 6) is 1.49. The molecule has 1 aromatic heterocycles. The van der Waals surface area contributed by atoms with E-state index in [9.17, 15) is 4.79 Å². The van der Waals surface area contributed by atoms with Gasteiger partial charge in [0.2, 0.25) is 0 Å². The maximum Gasteiger partial charge on any atom is 0.257 e. The van der Waals surface area contributed by atoms with Crippen molar-refractivity contribution in [2.45, 2.75) is 6.42 Å². The summed E-state index contributed by atoms with van der Waals surface area (Å²) in [4.78, 5) is 26.3. The molecule has 0 bridgehead atoms. The van der Waals surface area contributed by atoms with Crippen molar-refractivity contribution < 1.29 is 9.53 Å². The van der Waals surface area contributed by atoms with E-state index in [1.54, 1.807) is 7.11 Å². The lowest BCUT2D eigenvalue weighted by Gasteiger charge is -2.23. The normalized spacial score (nSPS) is 14.9. The van der Waals surface area contributed by atoms with Gasteiger partial charge in [0.25, 0.3) is 5.91 Å². The zero-order valence-corrected chi connectivity index (χ0v) is 15.3. The molecule has 1 aliphatic heterocycles. The number of hydrogen-bond donors (Lipinski definition) is 0. The van der Waals surface area contributed by atoms with Gasteiger partial charge in [0.1, 0.15) is 11.6 Å². The molecule has 27 heavy (non-hydrogen) atoms. The smallest absolute Gasteiger partial charge is 0.257 e. The number of methoxy groups -OCH3 is 1. The first-order valence-corrected chi connectivity index (χ1v) is 9.15. The zero-order chi connectivity index (χ0) is 18.6. The molecule has 0 saturated carbocycles. The lowest BCUT2D eigenvalue weighted by atomic mass is 10.1. The molecule has 1 amide bonds. The van der Waals surface area contributed by atoms with Crippen LogP contribution in [0.5, 0.6) is 5.75 Å². The molecular weight excluding hydrogens is 340 g/mol. The van der Waals surface area contributed by atoms with Crippen molar-refractivity contribution in [2.75, 3.05) is 38.2 Å². The minimum atomic E-state index is 0.0129. The highest BCUT2D eigenvalue weighted by atomic mass is 16.5. The fourth-order valence-electron chi connectivity index (χ4n) is 3.44. The third-order valence-corrected chi connectivity index (χ3v) is 4.88. The maximum atomic E-state index is 12.9. The Bertz CT molecular complexity index is 960. The zero-order valence-electron chi connectivity index (χ0n) is 15.3. The van der Waals surface area contributed by atoms with Crippen molar-refractivity contribution >= 4 is 22.8 Å². The third kappa shape index (κ3) is 3.56. The van der Waals surface area contributed by atoms with Crippen molar-refractivity contribution in [3.05, 3.63) is 60.3 Å². The Hall–Kier alpha value is -3.15. The van der Waals surface area contributed by atoms with Gasteiger partial charge in [-0.1, -0.05) is 24.3 Å². The first kappa shape index (κ1) is 17.3. The summed E-state index contributed by atoms with van der Waals surface area (Å²) in [7, 11) is 1.59. The number of carbonyl (C=O) groups excluding carboxylic acids is 1. The summed E-state index contributed by atoms with van der Waals surface area (Å²) in [6, 6.07) is 15.2. The summed E-state index contributed by atoms with van der Waals surface area (Å²) in [6.45, 7) is 2.94. The second kappa shape index (κ2) is 7.61. The number of aromatic nitrogens is 2. The molecule has 0 atom stereocenters. The molecule has 6 heteroatoms. The van der Waals surface area contributed by atoms with Crippen molar-refractivity contribution in [2.24, 2.45) is 0 Å². The van der Waals surface area contributed by atoms with Crippen LogP contribution in [0, 0.1) is 0 Å². The molecule has 3 aromatic rings. The van der Waals surface area contributed by atoms with Gasteiger partial charge in [-0.2, -0.15) is 0 Å². The van der Waals surface area contributed by atoms with Crippen molar-refractivity contribution in [3.63, 3.8) is 0 Å². The molecule has 2 aromatic carbocycles. The average molecular weight is 362 g/mol. The van der Waals surface area contributed by atoms with Crippen LogP contribution >= 0.6 is 0 Å². The summed E-state index contributed by atoms with van der Waals surface area (Å²) in [6.07, 6.45) is 2.70. The van der Waals surface area contributed by atoms with Crippen LogP contribution in [-0.4, -0.2) is 54.1 Å². The number of hydrogen-bond acceptors (Lipinski definition) is 5. The minimum absolute atomic E-state index is 0.0129. The SMILES string of the molecule is COc1ccccc1C(=O)N1CCCN(c2cnc3ccccc3n2)CC1. The largest absolute Gasteiger partial charge is 0.496 e. The highest BCUT2D eigenvalue weighted by Gasteiger charge is 2.23. The lowest BCUT2D eigenvalue weighted by Crippen LogP contribution is -2.35. The summed E-state index contributed by atoms with van der Waals surface area (Å²) in [5.41, 5.74) is 2.39. The standard InChI is InChI=1S/C21H22N4O2/c1-27-19-10-5-2-7-16(19)21(26)25-12-6-11-24(13-14-25)20-15-22-17-8-3-4-9-18(17)23-20/h2-5,7-10,15H,6,11-14H2,1H3. The van der Waals surface area contributed by atoms with Crippen LogP contribution in [0.4, 0.5) is 5.82 Å². The van der Waals surface area contributed by atoms with E-state index in [0.717, 1.165) is 36.4 Å². The molecule has 0 aliphatic carbocycles. The highest BCUT2D eigenvalue weighted by Crippen LogP contribution is 2.21. The van der Waals surface area contributed by atoms with E-state index in [1.165, 1.54) is 0 Å². The van der Waals surface area contributed by atoms with Crippen LogP contribution in [0.25, 0.3) is 11.0 Å². The summed E-state index contributed by atoms with van der Waals surface area (Å²) >= 11 is 0. The van der Waals surface area contributed by atoms with Gasteiger partial charge in [-0.25, -0.2) is 4.98 Å². The van der Waals surface area contributed by atoms with Crippen molar-refractivity contribution in [1.29, 1.82) is 0 Å². The van der Waals surface area contributed by atoms with Crippen LogP contribution in [0.1, 0.15) is 16.8 Å². The van der Waals surface area contributed by atoms with E-state index in [4.69, 9.17) is 9.72 Å². The van der Waals surface area contributed by atoms with Crippen molar-refractivity contribution in [1.82, 2.24) is 14.9 Å². The second-order valence-corrected chi connectivity index (χ2v) is 6.55. The van der Waals surface area contributed by atoms with Gasteiger partial charge in [-0.05, 0) is 30.7 Å². The maximum absolute atomic E-state index is 12.9. The molecule has 0 radical (unpaired) electrons. The Balaban J connectivity index is 1.50. The number of rotatable bonds is 3. The average Bonchev–Trinajstić information content (AvgIpc) is 2.99. The van der Waals surface area contributed by atoms with Gasteiger partial charge in [0.05, 0.1) is 29.9 Å². The Labute approximate surface area is 158 Å². The van der Waals surface area contributed by atoms with E-state index < -0.39 is 0 Å². The van der Waals surface area contributed by atoms with Gasteiger partial charge < -0.3 is 14.5 Å².